The number of hydrogen-bond acceptors (Lipinski definition) is 3. The van der Waals surface area contributed by atoms with Gasteiger partial charge in [-0.1, -0.05) is 29.8 Å². The van der Waals surface area contributed by atoms with E-state index in [0.717, 1.165) is 23.4 Å². The molecule has 0 saturated carbocycles. The number of nitrogens with zero attached hydrogens (tertiary/aromatic N) is 2. The molecule has 0 spiro atoms. The van der Waals surface area contributed by atoms with Gasteiger partial charge in [0.05, 0.1) is 13.3 Å². The van der Waals surface area contributed by atoms with Crippen molar-refractivity contribution in [3.8, 4) is 16.9 Å². The van der Waals surface area contributed by atoms with E-state index in [0.29, 0.717) is 5.15 Å². The average Bonchev–Trinajstić information content (AvgIpc) is 2.38. The van der Waals surface area contributed by atoms with Crippen LogP contribution in [0.5, 0.6) is 5.75 Å². The number of benzene rings is 1. The van der Waals surface area contributed by atoms with E-state index in [1.54, 1.807) is 13.3 Å². The van der Waals surface area contributed by atoms with Crippen molar-refractivity contribution in [2.24, 2.45) is 0 Å². The standard InChI is InChI=1S/C15H17ClN2O/c1-18(2)10-11-5-4-6-12(7-11)13-8-15(16)17-9-14(13)19-3/h4-9H,10H2,1-3H3. The first-order valence-electron chi connectivity index (χ1n) is 6.03. The predicted molar refractivity (Wildman–Crippen MR) is 78.6 cm³/mol. The Morgan fingerprint density at radius 2 is 2.05 bits per heavy atom. The van der Waals surface area contributed by atoms with E-state index in [4.69, 9.17) is 16.3 Å². The second-order valence-corrected chi connectivity index (χ2v) is 5.03. The van der Waals surface area contributed by atoms with Gasteiger partial charge in [0.1, 0.15) is 10.9 Å². The zero-order valence-electron chi connectivity index (χ0n) is 11.4. The number of hydrogen-bond donors (Lipinski definition) is 0. The Kier molecular flexibility index (Phi) is 4.40. The Bertz CT molecular complexity index is 570. The van der Waals surface area contributed by atoms with E-state index >= 15 is 0 Å². The molecule has 1 heterocycles. The van der Waals surface area contributed by atoms with Gasteiger partial charge in [-0.05, 0) is 37.4 Å². The summed E-state index contributed by atoms with van der Waals surface area (Å²) in [6.45, 7) is 0.898. The minimum atomic E-state index is 0.466. The molecule has 0 N–H and O–H groups in total. The first-order valence-corrected chi connectivity index (χ1v) is 6.41. The molecule has 1 aromatic heterocycles. The molecule has 0 bridgehead atoms. The van der Waals surface area contributed by atoms with Crippen molar-refractivity contribution in [1.29, 1.82) is 0 Å². The van der Waals surface area contributed by atoms with Gasteiger partial charge in [-0.15, -0.1) is 0 Å². The zero-order valence-corrected chi connectivity index (χ0v) is 12.1. The average molecular weight is 277 g/mol. The Morgan fingerprint density at radius 1 is 1.26 bits per heavy atom. The zero-order chi connectivity index (χ0) is 13.8. The molecule has 1 aromatic carbocycles. The predicted octanol–water partition coefficient (Wildman–Crippen LogP) is 3.47. The SMILES string of the molecule is COc1cnc(Cl)cc1-c1cccc(CN(C)C)c1. The monoisotopic (exact) mass is 276 g/mol. The van der Waals surface area contributed by atoms with Crippen LogP contribution in [0, 0.1) is 0 Å². The number of pyridine rings is 1. The summed E-state index contributed by atoms with van der Waals surface area (Å²) in [5, 5.41) is 0.466. The second kappa shape index (κ2) is 6.04. The lowest BCUT2D eigenvalue weighted by Crippen LogP contribution is -2.10. The van der Waals surface area contributed by atoms with Crippen molar-refractivity contribution in [2.45, 2.75) is 6.54 Å². The summed E-state index contributed by atoms with van der Waals surface area (Å²) >= 11 is 5.97. The summed E-state index contributed by atoms with van der Waals surface area (Å²) in [4.78, 5) is 6.17. The largest absolute Gasteiger partial charge is 0.494 e. The maximum Gasteiger partial charge on any atom is 0.145 e. The Balaban J connectivity index is 2.43. The number of methoxy groups -OCH3 is 1. The van der Waals surface area contributed by atoms with Crippen LogP contribution in [0.4, 0.5) is 0 Å². The van der Waals surface area contributed by atoms with Crippen LogP contribution in [0.3, 0.4) is 0 Å². The fraction of sp³-hybridized carbons (Fsp3) is 0.267. The van der Waals surface area contributed by atoms with Crippen molar-refractivity contribution in [1.82, 2.24) is 9.88 Å². The summed E-state index contributed by atoms with van der Waals surface area (Å²) in [6.07, 6.45) is 1.65. The molecule has 19 heavy (non-hydrogen) atoms. The van der Waals surface area contributed by atoms with Crippen LogP contribution in [-0.4, -0.2) is 31.1 Å². The van der Waals surface area contributed by atoms with E-state index in [1.807, 2.05) is 18.2 Å². The maximum absolute atomic E-state index is 5.97. The van der Waals surface area contributed by atoms with Crippen LogP contribution in [0.15, 0.2) is 36.5 Å². The Labute approximate surface area is 118 Å². The lowest BCUT2D eigenvalue weighted by Gasteiger charge is -2.12. The van der Waals surface area contributed by atoms with Crippen LogP contribution in [0.1, 0.15) is 5.56 Å². The molecule has 0 atom stereocenters. The molecule has 4 heteroatoms. The van der Waals surface area contributed by atoms with E-state index < -0.39 is 0 Å². The Morgan fingerprint density at radius 3 is 2.74 bits per heavy atom. The first-order chi connectivity index (χ1) is 9.10. The smallest absolute Gasteiger partial charge is 0.145 e. The van der Waals surface area contributed by atoms with E-state index in [-0.39, 0.29) is 0 Å². The van der Waals surface area contributed by atoms with E-state index in [9.17, 15) is 0 Å². The lowest BCUT2D eigenvalue weighted by atomic mass is 10.0. The quantitative estimate of drug-likeness (QED) is 0.800. The Hall–Kier alpha value is -1.58. The molecule has 0 fully saturated rings. The van der Waals surface area contributed by atoms with Crippen molar-refractivity contribution >= 4 is 11.6 Å². The minimum absolute atomic E-state index is 0.466. The maximum atomic E-state index is 5.97. The molecule has 0 saturated heterocycles. The third-order valence-electron chi connectivity index (χ3n) is 2.79. The topological polar surface area (TPSA) is 25.4 Å². The van der Waals surface area contributed by atoms with E-state index in [2.05, 4.69) is 36.1 Å². The molecule has 3 nitrogen and oxygen atoms in total. The van der Waals surface area contributed by atoms with Gasteiger partial charge in [-0.3, -0.25) is 0 Å². The van der Waals surface area contributed by atoms with Gasteiger partial charge in [0.2, 0.25) is 0 Å². The summed E-state index contributed by atoms with van der Waals surface area (Å²) < 4.78 is 5.34. The summed E-state index contributed by atoms with van der Waals surface area (Å²) in [7, 11) is 5.74. The summed E-state index contributed by atoms with van der Waals surface area (Å²) in [6, 6.07) is 10.2. The highest BCUT2D eigenvalue weighted by Gasteiger charge is 2.08. The van der Waals surface area contributed by atoms with Crippen LogP contribution in [-0.2, 0) is 6.54 Å². The van der Waals surface area contributed by atoms with Crippen LogP contribution in [0.25, 0.3) is 11.1 Å². The third kappa shape index (κ3) is 3.46. The van der Waals surface area contributed by atoms with Crippen LogP contribution in [0.2, 0.25) is 5.15 Å². The van der Waals surface area contributed by atoms with Gasteiger partial charge >= 0.3 is 0 Å². The molecule has 0 aliphatic rings. The third-order valence-corrected chi connectivity index (χ3v) is 3.00. The van der Waals surface area contributed by atoms with Gasteiger partial charge in [0, 0.05) is 12.1 Å². The molecule has 2 aromatic rings. The second-order valence-electron chi connectivity index (χ2n) is 4.65. The highest BCUT2D eigenvalue weighted by molar-refractivity contribution is 6.29. The van der Waals surface area contributed by atoms with Crippen molar-refractivity contribution in [3.63, 3.8) is 0 Å². The number of aromatic nitrogens is 1. The highest BCUT2D eigenvalue weighted by Crippen LogP contribution is 2.31. The van der Waals surface area contributed by atoms with Crippen LogP contribution < -0.4 is 4.74 Å². The number of rotatable bonds is 4. The molecular formula is C15H17ClN2O. The molecule has 0 unspecified atom stereocenters. The molecule has 0 amide bonds. The fourth-order valence-electron chi connectivity index (χ4n) is 2.01. The molecular weight excluding hydrogens is 260 g/mol. The summed E-state index contributed by atoms with van der Waals surface area (Å²) in [5.74, 6) is 0.728. The number of ether oxygens (including phenoxy) is 1. The van der Waals surface area contributed by atoms with Gasteiger partial charge in [-0.25, -0.2) is 4.98 Å². The highest BCUT2D eigenvalue weighted by atomic mass is 35.5. The van der Waals surface area contributed by atoms with Crippen molar-refractivity contribution in [3.05, 3.63) is 47.2 Å². The normalized spacial score (nSPS) is 10.8. The lowest BCUT2D eigenvalue weighted by molar-refractivity contribution is 0.402. The minimum Gasteiger partial charge on any atom is -0.494 e. The fourth-order valence-corrected chi connectivity index (χ4v) is 2.17. The van der Waals surface area contributed by atoms with Crippen molar-refractivity contribution < 1.29 is 4.74 Å². The van der Waals surface area contributed by atoms with Gasteiger partial charge in [-0.2, -0.15) is 0 Å². The molecule has 2 rings (SSSR count). The molecule has 100 valence electrons. The molecule has 0 aliphatic carbocycles. The summed E-state index contributed by atoms with van der Waals surface area (Å²) in [5.41, 5.74) is 3.29. The van der Waals surface area contributed by atoms with Crippen LogP contribution >= 0.6 is 11.6 Å². The van der Waals surface area contributed by atoms with Gasteiger partial charge in [0.25, 0.3) is 0 Å². The first kappa shape index (κ1) is 13.8. The van der Waals surface area contributed by atoms with E-state index in [1.165, 1.54) is 5.56 Å². The van der Waals surface area contributed by atoms with Gasteiger partial charge < -0.3 is 9.64 Å². The molecule has 0 radical (unpaired) electrons. The molecule has 0 aliphatic heterocycles. The van der Waals surface area contributed by atoms with Gasteiger partial charge in [0.15, 0.2) is 0 Å². The van der Waals surface area contributed by atoms with Crippen molar-refractivity contribution in [2.75, 3.05) is 21.2 Å². The number of halogens is 1.